The molecule has 0 heterocycles. The lowest BCUT2D eigenvalue weighted by atomic mass is 10.0. The van der Waals surface area contributed by atoms with Crippen LogP contribution in [0.1, 0.15) is 37.1 Å². The van der Waals surface area contributed by atoms with Crippen molar-refractivity contribution in [3.8, 4) is 0 Å². The van der Waals surface area contributed by atoms with E-state index in [1.807, 2.05) is 18.2 Å². The zero-order valence-corrected chi connectivity index (χ0v) is 13.9. The first kappa shape index (κ1) is 15.9. The smallest absolute Gasteiger partial charge is 0.0453 e. The summed E-state index contributed by atoms with van der Waals surface area (Å²) in [7, 11) is 4.10. The summed E-state index contributed by atoms with van der Waals surface area (Å²) in [6, 6.07) is 17.1. The molecule has 0 fully saturated rings. The number of halogens is 1. The number of hydrogen-bond donors (Lipinski definition) is 1. The second-order valence-corrected chi connectivity index (χ2v) is 6.02. The maximum absolute atomic E-state index is 6.26. The van der Waals surface area contributed by atoms with Gasteiger partial charge in [-0.05, 0) is 43.2 Å². The van der Waals surface area contributed by atoms with Crippen LogP contribution in [0.5, 0.6) is 0 Å². The van der Waals surface area contributed by atoms with E-state index in [2.05, 4.69) is 68.5 Å². The fraction of sp³-hybridized carbons (Fsp3) is 0.333. The predicted octanol–water partition coefficient (Wildman–Crippen LogP) is 4.82. The molecule has 3 heteroatoms. The Kier molecular flexibility index (Phi) is 5.27. The van der Waals surface area contributed by atoms with Crippen LogP contribution in [0, 0.1) is 0 Å². The number of hydrogen-bond acceptors (Lipinski definition) is 2. The lowest BCUT2D eigenvalue weighted by Gasteiger charge is -2.22. The Morgan fingerprint density at radius 3 is 2.10 bits per heavy atom. The third-order valence-electron chi connectivity index (χ3n) is 3.78. The standard InChI is InChI=1S/C18H23ClN2/c1-13(15-9-11-16(12-10-15)21(3)4)20-14(2)17-7-5-6-8-18(17)19/h5-14,20H,1-4H3/t13-,14+/m0/s1. The van der Waals surface area contributed by atoms with E-state index in [0.717, 1.165) is 10.6 Å². The van der Waals surface area contributed by atoms with Gasteiger partial charge in [0.25, 0.3) is 0 Å². The molecule has 2 nitrogen and oxygen atoms in total. The maximum atomic E-state index is 6.26. The highest BCUT2D eigenvalue weighted by Gasteiger charge is 2.13. The first-order valence-corrected chi connectivity index (χ1v) is 7.64. The summed E-state index contributed by atoms with van der Waals surface area (Å²) in [4.78, 5) is 2.11. The highest BCUT2D eigenvalue weighted by molar-refractivity contribution is 6.31. The molecular weight excluding hydrogens is 280 g/mol. The number of benzene rings is 2. The van der Waals surface area contributed by atoms with Gasteiger partial charge in [0.1, 0.15) is 0 Å². The van der Waals surface area contributed by atoms with Crippen LogP contribution >= 0.6 is 11.6 Å². The summed E-state index contributed by atoms with van der Waals surface area (Å²) >= 11 is 6.26. The molecule has 2 aromatic carbocycles. The fourth-order valence-corrected chi connectivity index (χ4v) is 2.75. The molecule has 2 rings (SSSR count). The van der Waals surface area contributed by atoms with Crippen molar-refractivity contribution in [1.82, 2.24) is 5.32 Å². The second-order valence-electron chi connectivity index (χ2n) is 5.62. The highest BCUT2D eigenvalue weighted by Crippen LogP contribution is 2.25. The minimum absolute atomic E-state index is 0.210. The van der Waals surface area contributed by atoms with Crippen LogP contribution in [-0.2, 0) is 0 Å². The van der Waals surface area contributed by atoms with Crippen molar-refractivity contribution in [2.45, 2.75) is 25.9 Å². The van der Waals surface area contributed by atoms with E-state index in [9.17, 15) is 0 Å². The van der Waals surface area contributed by atoms with Gasteiger partial charge in [-0.25, -0.2) is 0 Å². The Balaban J connectivity index is 2.07. The van der Waals surface area contributed by atoms with Crippen molar-refractivity contribution in [1.29, 1.82) is 0 Å². The lowest BCUT2D eigenvalue weighted by molar-refractivity contribution is 0.495. The average molecular weight is 303 g/mol. The number of rotatable bonds is 5. The van der Waals surface area contributed by atoms with Gasteiger partial charge in [0.2, 0.25) is 0 Å². The molecule has 0 unspecified atom stereocenters. The van der Waals surface area contributed by atoms with Crippen LogP contribution in [0.25, 0.3) is 0 Å². The quantitative estimate of drug-likeness (QED) is 0.852. The molecule has 0 saturated heterocycles. The summed E-state index contributed by atoms with van der Waals surface area (Å²) in [6.07, 6.45) is 0. The van der Waals surface area contributed by atoms with E-state index in [-0.39, 0.29) is 12.1 Å². The Morgan fingerprint density at radius 2 is 1.52 bits per heavy atom. The van der Waals surface area contributed by atoms with Crippen molar-refractivity contribution in [2.24, 2.45) is 0 Å². The summed E-state index contributed by atoms with van der Waals surface area (Å²) in [5.74, 6) is 0. The Morgan fingerprint density at radius 1 is 0.905 bits per heavy atom. The van der Waals surface area contributed by atoms with Gasteiger partial charge in [0.15, 0.2) is 0 Å². The second kappa shape index (κ2) is 6.97. The topological polar surface area (TPSA) is 15.3 Å². The van der Waals surface area contributed by atoms with Crippen molar-refractivity contribution in [3.05, 3.63) is 64.7 Å². The molecule has 21 heavy (non-hydrogen) atoms. The molecule has 0 bridgehead atoms. The summed E-state index contributed by atoms with van der Waals surface area (Å²) in [6.45, 7) is 4.32. The summed E-state index contributed by atoms with van der Waals surface area (Å²) in [5, 5.41) is 4.42. The normalized spacial score (nSPS) is 13.8. The minimum Gasteiger partial charge on any atom is -0.378 e. The van der Waals surface area contributed by atoms with Crippen LogP contribution < -0.4 is 10.2 Å². The predicted molar refractivity (Wildman–Crippen MR) is 92.2 cm³/mol. The monoisotopic (exact) mass is 302 g/mol. The zero-order valence-electron chi connectivity index (χ0n) is 13.1. The molecule has 0 aliphatic rings. The molecular formula is C18H23ClN2. The van der Waals surface area contributed by atoms with Crippen molar-refractivity contribution in [2.75, 3.05) is 19.0 Å². The van der Waals surface area contributed by atoms with E-state index >= 15 is 0 Å². The maximum Gasteiger partial charge on any atom is 0.0453 e. The van der Waals surface area contributed by atoms with Crippen molar-refractivity contribution >= 4 is 17.3 Å². The van der Waals surface area contributed by atoms with Crippen LogP contribution in [0.15, 0.2) is 48.5 Å². The SMILES string of the molecule is C[C@H](N[C@H](C)c1ccccc1Cl)c1ccc(N(C)C)cc1. The van der Waals surface area contributed by atoms with E-state index in [1.165, 1.54) is 11.3 Å². The Labute approximate surface area is 132 Å². The lowest BCUT2D eigenvalue weighted by Crippen LogP contribution is -2.22. The summed E-state index contributed by atoms with van der Waals surface area (Å²) in [5.41, 5.74) is 3.63. The average Bonchev–Trinajstić information content (AvgIpc) is 2.47. The highest BCUT2D eigenvalue weighted by atomic mass is 35.5. The van der Waals surface area contributed by atoms with Gasteiger partial charge >= 0.3 is 0 Å². The Bertz CT molecular complexity index is 578. The first-order chi connectivity index (χ1) is 9.99. The fourth-order valence-electron chi connectivity index (χ4n) is 2.45. The van der Waals surface area contributed by atoms with Crippen LogP contribution in [0.4, 0.5) is 5.69 Å². The molecule has 0 spiro atoms. The van der Waals surface area contributed by atoms with Crippen molar-refractivity contribution < 1.29 is 0 Å². The first-order valence-electron chi connectivity index (χ1n) is 7.27. The third kappa shape index (κ3) is 3.99. The molecule has 0 aromatic heterocycles. The molecule has 0 radical (unpaired) electrons. The third-order valence-corrected chi connectivity index (χ3v) is 4.13. The molecule has 2 atom stereocenters. The largest absolute Gasteiger partial charge is 0.378 e. The van der Waals surface area contributed by atoms with E-state index in [4.69, 9.17) is 11.6 Å². The van der Waals surface area contributed by atoms with Gasteiger partial charge in [0, 0.05) is 36.9 Å². The van der Waals surface area contributed by atoms with Crippen LogP contribution in [0.2, 0.25) is 5.02 Å². The summed E-state index contributed by atoms with van der Waals surface area (Å²) < 4.78 is 0. The van der Waals surface area contributed by atoms with Crippen molar-refractivity contribution in [3.63, 3.8) is 0 Å². The van der Waals surface area contributed by atoms with Gasteiger partial charge < -0.3 is 10.2 Å². The van der Waals surface area contributed by atoms with Gasteiger partial charge in [-0.2, -0.15) is 0 Å². The van der Waals surface area contributed by atoms with E-state index in [1.54, 1.807) is 0 Å². The number of anilines is 1. The zero-order chi connectivity index (χ0) is 15.4. The van der Waals surface area contributed by atoms with E-state index < -0.39 is 0 Å². The van der Waals surface area contributed by atoms with Crippen LogP contribution in [-0.4, -0.2) is 14.1 Å². The molecule has 0 aliphatic heterocycles. The van der Waals surface area contributed by atoms with Gasteiger partial charge in [-0.1, -0.05) is 41.9 Å². The molecule has 1 N–H and O–H groups in total. The molecule has 112 valence electrons. The molecule has 0 amide bonds. The number of nitrogens with one attached hydrogen (secondary N) is 1. The Hall–Kier alpha value is -1.51. The minimum atomic E-state index is 0.210. The van der Waals surface area contributed by atoms with Gasteiger partial charge in [-0.15, -0.1) is 0 Å². The molecule has 0 saturated carbocycles. The number of nitrogens with zero attached hydrogens (tertiary/aromatic N) is 1. The van der Waals surface area contributed by atoms with E-state index in [0.29, 0.717) is 0 Å². The van der Waals surface area contributed by atoms with Crippen LogP contribution in [0.3, 0.4) is 0 Å². The molecule has 2 aromatic rings. The molecule has 0 aliphatic carbocycles. The van der Waals surface area contributed by atoms with Gasteiger partial charge in [0.05, 0.1) is 0 Å². The van der Waals surface area contributed by atoms with Gasteiger partial charge in [-0.3, -0.25) is 0 Å².